The normalized spacial score (nSPS) is 11.0. The van der Waals surface area contributed by atoms with Crippen LogP contribution in [-0.2, 0) is 12.7 Å². The number of halogens is 3. The molecule has 0 aliphatic rings. The van der Waals surface area contributed by atoms with Crippen molar-refractivity contribution in [1.82, 2.24) is 15.1 Å². The van der Waals surface area contributed by atoms with E-state index < -0.39 is 23.3 Å². The van der Waals surface area contributed by atoms with E-state index >= 15 is 0 Å². The Bertz CT molecular complexity index is 1160. The van der Waals surface area contributed by atoms with Gasteiger partial charge in [-0.15, -0.1) is 6.42 Å². The number of ether oxygens (including phenoxy) is 2. The van der Waals surface area contributed by atoms with E-state index in [4.69, 9.17) is 15.9 Å². The van der Waals surface area contributed by atoms with Crippen LogP contribution in [0.1, 0.15) is 27.2 Å². The average molecular weight is 443 g/mol. The molecule has 1 amide bonds. The maximum absolute atomic E-state index is 13.9. The highest BCUT2D eigenvalue weighted by molar-refractivity contribution is 5.95. The molecule has 0 spiro atoms. The number of hydrogen-bond donors (Lipinski definition) is 1. The van der Waals surface area contributed by atoms with Gasteiger partial charge in [-0.1, -0.05) is 30.2 Å². The van der Waals surface area contributed by atoms with Crippen molar-refractivity contribution in [3.05, 3.63) is 71.0 Å². The first-order valence-electron chi connectivity index (χ1n) is 9.49. The lowest BCUT2D eigenvalue weighted by molar-refractivity contribution is -0.143. The zero-order valence-electron chi connectivity index (χ0n) is 17.4. The number of aryl methyl sites for hydroxylation is 1. The van der Waals surface area contributed by atoms with Crippen LogP contribution in [0.4, 0.5) is 13.2 Å². The monoisotopic (exact) mass is 443 g/mol. The Hall–Kier alpha value is -3.93. The van der Waals surface area contributed by atoms with E-state index in [0.717, 1.165) is 10.9 Å². The molecule has 0 saturated carbocycles. The minimum Gasteiger partial charge on any atom is -0.493 e. The van der Waals surface area contributed by atoms with Crippen LogP contribution in [0.2, 0.25) is 0 Å². The van der Waals surface area contributed by atoms with Gasteiger partial charge in [0.1, 0.15) is 6.61 Å². The van der Waals surface area contributed by atoms with Crippen LogP contribution in [0.25, 0.3) is 5.69 Å². The SMILES string of the molecule is C#CCOc1cc(CNC(=O)c2cnn(-c3ccccc3C)c2C(F)(F)F)ccc1OC. The van der Waals surface area contributed by atoms with Gasteiger partial charge in [-0.3, -0.25) is 4.79 Å². The molecule has 1 heterocycles. The summed E-state index contributed by atoms with van der Waals surface area (Å²) in [7, 11) is 1.46. The standard InChI is InChI=1S/C23H20F3N3O3/c1-4-11-32-20-12-16(9-10-19(20)31-3)13-27-22(30)17-14-28-29(21(17)23(24,25)26)18-8-6-5-7-15(18)2/h1,5-10,12,14H,11,13H2,2-3H3,(H,27,30). The van der Waals surface area contributed by atoms with Crippen LogP contribution in [0.5, 0.6) is 11.5 Å². The Morgan fingerprint density at radius 1 is 1.22 bits per heavy atom. The van der Waals surface area contributed by atoms with E-state index in [0.29, 0.717) is 22.6 Å². The Morgan fingerprint density at radius 3 is 2.62 bits per heavy atom. The molecule has 9 heteroatoms. The number of benzene rings is 2. The summed E-state index contributed by atoms with van der Waals surface area (Å²) in [5.41, 5.74) is -0.295. The molecule has 0 aliphatic heterocycles. The molecule has 0 saturated heterocycles. The van der Waals surface area contributed by atoms with E-state index in [9.17, 15) is 18.0 Å². The third-order valence-electron chi connectivity index (χ3n) is 4.62. The van der Waals surface area contributed by atoms with Gasteiger partial charge in [-0.05, 0) is 36.2 Å². The van der Waals surface area contributed by atoms with Gasteiger partial charge in [0, 0.05) is 6.54 Å². The Kier molecular flexibility index (Phi) is 6.73. The third kappa shape index (κ3) is 4.86. The van der Waals surface area contributed by atoms with Crippen molar-refractivity contribution in [2.24, 2.45) is 0 Å². The van der Waals surface area contributed by atoms with Crippen molar-refractivity contribution in [1.29, 1.82) is 0 Å². The summed E-state index contributed by atoms with van der Waals surface area (Å²) < 4.78 is 52.9. The fourth-order valence-electron chi connectivity index (χ4n) is 3.11. The second-order valence-electron chi connectivity index (χ2n) is 6.76. The van der Waals surface area contributed by atoms with E-state index in [-0.39, 0.29) is 18.8 Å². The summed E-state index contributed by atoms with van der Waals surface area (Å²) in [5, 5.41) is 6.34. The fraction of sp³-hybridized carbons (Fsp3) is 0.217. The van der Waals surface area contributed by atoms with Gasteiger partial charge in [0.05, 0.1) is 24.6 Å². The van der Waals surface area contributed by atoms with E-state index in [1.54, 1.807) is 43.3 Å². The molecular weight excluding hydrogens is 423 g/mol. The number of rotatable bonds is 7. The van der Waals surface area contributed by atoms with Crippen molar-refractivity contribution in [3.63, 3.8) is 0 Å². The van der Waals surface area contributed by atoms with E-state index in [2.05, 4.69) is 16.3 Å². The molecule has 0 fully saturated rings. The number of carbonyl (C=O) groups excluding carboxylic acids is 1. The van der Waals surface area contributed by atoms with Crippen LogP contribution >= 0.6 is 0 Å². The lowest BCUT2D eigenvalue weighted by atomic mass is 10.1. The quantitative estimate of drug-likeness (QED) is 0.558. The van der Waals surface area contributed by atoms with Gasteiger partial charge < -0.3 is 14.8 Å². The minimum atomic E-state index is -4.79. The molecule has 1 N–H and O–H groups in total. The number of amides is 1. The van der Waals surface area contributed by atoms with Crippen LogP contribution in [0, 0.1) is 19.3 Å². The molecule has 0 unspecified atom stereocenters. The number of alkyl halides is 3. The number of para-hydroxylation sites is 1. The molecule has 3 aromatic rings. The molecule has 0 bridgehead atoms. The van der Waals surface area contributed by atoms with Crippen LogP contribution in [0.3, 0.4) is 0 Å². The Morgan fingerprint density at radius 2 is 1.97 bits per heavy atom. The van der Waals surface area contributed by atoms with Gasteiger partial charge in [-0.25, -0.2) is 4.68 Å². The topological polar surface area (TPSA) is 65.4 Å². The second kappa shape index (κ2) is 9.47. The summed E-state index contributed by atoms with van der Waals surface area (Å²) >= 11 is 0. The Labute approximate surface area is 183 Å². The lowest BCUT2D eigenvalue weighted by Crippen LogP contribution is -2.26. The average Bonchev–Trinajstić information content (AvgIpc) is 3.22. The van der Waals surface area contributed by atoms with Crippen molar-refractivity contribution in [2.45, 2.75) is 19.6 Å². The zero-order chi connectivity index (χ0) is 23.3. The Balaban J connectivity index is 1.86. The number of carbonyl (C=O) groups is 1. The highest BCUT2D eigenvalue weighted by atomic mass is 19.4. The molecule has 32 heavy (non-hydrogen) atoms. The molecule has 3 rings (SSSR count). The predicted molar refractivity (Wildman–Crippen MR) is 112 cm³/mol. The number of hydrogen-bond acceptors (Lipinski definition) is 4. The number of nitrogens with one attached hydrogen (secondary N) is 1. The molecular formula is C23H20F3N3O3. The van der Waals surface area contributed by atoms with Crippen LogP contribution < -0.4 is 14.8 Å². The summed E-state index contributed by atoms with van der Waals surface area (Å²) in [6.07, 6.45) is 1.33. The lowest BCUT2D eigenvalue weighted by Gasteiger charge is -2.14. The van der Waals surface area contributed by atoms with Crippen LogP contribution in [0.15, 0.2) is 48.7 Å². The number of nitrogens with zero attached hydrogens (tertiary/aromatic N) is 2. The van der Waals surface area contributed by atoms with Crippen molar-refractivity contribution in [2.75, 3.05) is 13.7 Å². The maximum atomic E-state index is 13.9. The minimum absolute atomic E-state index is 0.0131. The highest BCUT2D eigenvalue weighted by Crippen LogP contribution is 2.34. The first-order valence-corrected chi connectivity index (χ1v) is 9.49. The van der Waals surface area contributed by atoms with Gasteiger partial charge >= 0.3 is 6.18 Å². The molecule has 2 aromatic carbocycles. The smallest absolute Gasteiger partial charge is 0.434 e. The van der Waals surface area contributed by atoms with E-state index in [1.807, 2.05) is 0 Å². The molecule has 0 atom stereocenters. The summed E-state index contributed by atoms with van der Waals surface area (Å²) in [4.78, 5) is 12.6. The molecule has 166 valence electrons. The van der Waals surface area contributed by atoms with Crippen molar-refractivity contribution in [3.8, 4) is 29.5 Å². The first kappa shape index (κ1) is 22.7. The molecule has 0 radical (unpaired) electrons. The maximum Gasteiger partial charge on any atom is 0.434 e. The molecule has 6 nitrogen and oxygen atoms in total. The van der Waals surface area contributed by atoms with E-state index in [1.165, 1.54) is 13.2 Å². The van der Waals surface area contributed by atoms with Crippen molar-refractivity contribution < 1.29 is 27.4 Å². The summed E-state index contributed by atoms with van der Waals surface area (Å²) in [6.45, 7) is 1.64. The zero-order valence-corrected chi connectivity index (χ0v) is 17.4. The van der Waals surface area contributed by atoms with Crippen LogP contribution in [-0.4, -0.2) is 29.4 Å². The first-order chi connectivity index (χ1) is 15.3. The van der Waals surface area contributed by atoms with Gasteiger partial charge in [0.2, 0.25) is 0 Å². The highest BCUT2D eigenvalue weighted by Gasteiger charge is 2.40. The van der Waals surface area contributed by atoms with Crippen molar-refractivity contribution >= 4 is 5.91 Å². The molecule has 0 aliphatic carbocycles. The number of aromatic nitrogens is 2. The number of terminal acetylenes is 1. The fourth-order valence-corrected chi connectivity index (χ4v) is 3.11. The predicted octanol–water partition coefficient (Wildman–Crippen LogP) is 4.15. The summed E-state index contributed by atoms with van der Waals surface area (Å²) in [5.74, 6) is 2.23. The second-order valence-corrected chi connectivity index (χ2v) is 6.76. The largest absolute Gasteiger partial charge is 0.493 e. The van der Waals surface area contributed by atoms with Gasteiger partial charge in [0.15, 0.2) is 17.2 Å². The van der Waals surface area contributed by atoms with Gasteiger partial charge in [-0.2, -0.15) is 18.3 Å². The summed E-state index contributed by atoms with van der Waals surface area (Å²) in [6, 6.07) is 11.4. The number of methoxy groups -OCH3 is 1. The molecule has 1 aromatic heterocycles. The van der Waals surface area contributed by atoms with Gasteiger partial charge in [0.25, 0.3) is 5.91 Å². The third-order valence-corrected chi connectivity index (χ3v) is 4.62.